The number of carbonyl (C=O) groups is 1. The zero-order valence-corrected chi connectivity index (χ0v) is 16.7. The Kier molecular flexibility index (Phi) is 5.67. The Morgan fingerprint density at radius 1 is 1.18 bits per heavy atom. The summed E-state index contributed by atoms with van der Waals surface area (Å²) in [6.45, 7) is 5.38. The number of rotatable bonds is 5. The molecule has 1 heterocycles. The van der Waals surface area contributed by atoms with E-state index in [1.165, 1.54) is 34.6 Å². The lowest BCUT2D eigenvalue weighted by Gasteiger charge is -2.29. The van der Waals surface area contributed by atoms with Crippen LogP contribution in [0.25, 0.3) is 0 Å². The number of halogens is 1. The van der Waals surface area contributed by atoms with Gasteiger partial charge in [-0.2, -0.15) is 4.31 Å². The second-order valence-corrected chi connectivity index (χ2v) is 8.53. The maximum atomic E-state index is 13.9. The van der Waals surface area contributed by atoms with Gasteiger partial charge in [0.1, 0.15) is 5.82 Å². The molecule has 1 aliphatic rings. The molecule has 0 saturated carbocycles. The lowest BCUT2D eigenvalue weighted by molar-refractivity contribution is -0.138. The first-order valence-electron chi connectivity index (χ1n) is 9.00. The maximum Gasteiger partial charge on any atom is 0.335 e. The molecule has 0 saturated heterocycles. The van der Waals surface area contributed by atoms with Gasteiger partial charge in [0.15, 0.2) is 0 Å². The molecule has 3 rings (SSSR count). The van der Waals surface area contributed by atoms with Crippen molar-refractivity contribution < 1.29 is 22.3 Å². The molecule has 0 radical (unpaired) electrons. The van der Waals surface area contributed by atoms with E-state index in [-0.39, 0.29) is 17.1 Å². The van der Waals surface area contributed by atoms with E-state index >= 15 is 0 Å². The van der Waals surface area contributed by atoms with Crippen molar-refractivity contribution in [2.24, 2.45) is 0 Å². The summed E-state index contributed by atoms with van der Waals surface area (Å²) in [5.74, 6) is -1.11. The Hall–Kier alpha value is -2.51. The standard InChI is InChI=1S/C21H22FNO4S/c1-4-27-21(24)19-12-15(3)23(20(19)16-6-5-7-17(22)13-16)28(25,26)18-10-8-14(2)9-11-18/h5-13,15,20H,4H2,1-3H3/t15-,20+/m0/s1. The summed E-state index contributed by atoms with van der Waals surface area (Å²) in [5, 5.41) is 0. The number of hydrogen-bond acceptors (Lipinski definition) is 4. The van der Waals surface area contributed by atoms with Crippen molar-refractivity contribution >= 4 is 16.0 Å². The van der Waals surface area contributed by atoms with Crippen LogP contribution in [-0.2, 0) is 19.6 Å². The highest BCUT2D eigenvalue weighted by atomic mass is 32.2. The molecule has 2 aromatic rings. The number of sulfonamides is 1. The molecule has 0 bridgehead atoms. The van der Waals surface area contributed by atoms with Crippen LogP contribution in [0.4, 0.5) is 4.39 Å². The Labute approximate surface area is 164 Å². The average molecular weight is 403 g/mol. The fourth-order valence-electron chi connectivity index (χ4n) is 3.38. The molecule has 2 atom stereocenters. The van der Waals surface area contributed by atoms with Crippen LogP contribution in [0.15, 0.2) is 65.1 Å². The largest absolute Gasteiger partial charge is 0.463 e. The van der Waals surface area contributed by atoms with Crippen molar-refractivity contribution in [2.45, 2.75) is 37.8 Å². The van der Waals surface area contributed by atoms with E-state index in [0.29, 0.717) is 5.56 Å². The molecule has 28 heavy (non-hydrogen) atoms. The highest BCUT2D eigenvalue weighted by molar-refractivity contribution is 7.89. The first kappa shape index (κ1) is 20.2. The lowest BCUT2D eigenvalue weighted by Crippen LogP contribution is -2.37. The molecule has 0 fully saturated rings. The SMILES string of the molecule is CCOC(=O)C1=C[C@H](C)N(S(=O)(=O)c2ccc(C)cc2)[C@@H]1c1cccc(F)c1. The third-order valence-corrected chi connectivity index (χ3v) is 6.61. The minimum Gasteiger partial charge on any atom is -0.463 e. The zero-order valence-electron chi connectivity index (χ0n) is 15.9. The van der Waals surface area contributed by atoms with E-state index in [2.05, 4.69) is 0 Å². The molecule has 0 amide bonds. The Balaban J connectivity index is 2.13. The summed E-state index contributed by atoms with van der Waals surface area (Å²) in [7, 11) is -3.95. The van der Waals surface area contributed by atoms with Crippen molar-refractivity contribution in [1.29, 1.82) is 0 Å². The number of aryl methyl sites for hydroxylation is 1. The van der Waals surface area contributed by atoms with Gasteiger partial charge in [0, 0.05) is 6.04 Å². The van der Waals surface area contributed by atoms with E-state index in [4.69, 9.17) is 4.74 Å². The lowest BCUT2D eigenvalue weighted by atomic mass is 10.0. The number of nitrogens with zero attached hydrogens (tertiary/aromatic N) is 1. The van der Waals surface area contributed by atoms with Crippen LogP contribution in [0.3, 0.4) is 0 Å². The van der Waals surface area contributed by atoms with E-state index in [1.807, 2.05) is 6.92 Å². The van der Waals surface area contributed by atoms with Crippen molar-refractivity contribution in [1.82, 2.24) is 4.31 Å². The van der Waals surface area contributed by atoms with E-state index in [9.17, 15) is 17.6 Å². The van der Waals surface area contributed by atoms with Gasteiger partial charge >= 0.3 is 5.97 Å². The number of hydrogen-bond donors (Lipinski definition) is 0. The summed E-state index contributed by atoms with van der Waals surface area (Å²) in [6, 6.07) is 10.5. The highest BCUT2D eigenvalue weighted by Crippen LogP contribution is 2.41. The second kappa shape index (κ2) is 7.85. The molecule has 1 aliphatic heterocycles. The first-order valence-corrected chi connectivity index (χ1v) is 10.4. The van der Waals surface area contributed by atoms with Crippen molar-refractivity contribution in [3.8, 4) is 0 Å². The second-order valence-electron chi connectivity index (χ2n) is 6.69. The van der Waals surface area contributed by atoms with Crippen LogP contribution in [0.1, 0.15) is 31.0 Å². The average Bonchev–Trinajstić information content (AvgIpc) is 3.00. The zero-order chi connectivity index (χ0) is 20.5. The summed E-state index contributed by atoms with van der Waals surface area (Å²) in [6.07, 6.45) is 1.57. The fraction of sp³-hybridized carbons (Fsp3) is 0.286. The topological polar surface area (TPSA) is 63.7 Å². The third kappa shape index (κ3) is 3.72. The van der Waals surface area contributed by atoms with Gasteiger partial charge in [0.2, 0.25) is 10.0 Å². The Bertz CT molecular complexity index is 1010. The van der Waals surface area contributed by atoms with Crippen molar-refractivity contribution in [3.63, 3.8) is 0 Å². The predicted octanol–water partition coefficient (Wildman–Crippen LogP) is 3.76. The molecule has 5 nitrogen and oxygen atoms in total. The Morgan fingerprint density at radius 2 is 1.86 bits per heavy atom. The van der Waals surface area contributed by atoms with E-state index in [1.54, 1.807) is 38.1 Å². The van der Waals surface area contributed by atoms with Crippen LogP contribution in [0.2, 0.25) is 0 Å². The first-order chi connectivity index (χ1) is 13.3. The van der Waals surface area contributed by atoms with Gasteiger partial charge in [0.25, 0.3) is 0 Å². The minimum atomic E-state index is -3.95. The number of benzene rings is 2. The van der Waals surface area contributed by atoms with Gasteiger partial charge in [-0.1, -0.05) is 35.9 Å². The van der Waals surface area contributed by atoms with Crippen LogP contribution >= 0.6 is 0 Å². The van der Waals surface area contributed by atoms with Crippen LogP contribution < -0.4 is 0 Å². The smallest absolute Gasteiger partial charge is 0.335 e. The molecular formula is C21H22FNO4S. The normalized spacial score (nSPS) is 20.1. The maximum absolute atomic E-state index is 13.9. The minimum absolute atomic E-state index is 0.116. The van der Waals surface area contributed by atoms with E-state index < -0.39 is 33.9 Å². The monoisotopic (exact) mass is 403 g/mol. The van der Waals surface area contributed by atoms with Crippen LogP contribution in [0.5, 0.6) is 0 Å². The third-order valence-electron chi connectivity index (χ3n) is 4.64. The predicted molar refractivity (Wildman–Crippen MR) is 104 cm³/mol. The molecule has 0 unspecified atom stereocenters. The number of ether oxygens (including phenoxy) is 1. The van der Waals surface area contributed by atoms with E-state index in [0.717, 1.165) is 5.56 Å². The molecule has 7 heteroatoms. The van der Waals surface area contributed by atoms with Gasteiger partial charge in [-0.3, -0.25) is 0 Å². The summed E-state index contributed by atoms with van der Waals surface area (Å²) >= 11 is 0. The number of esters is 1. The number of carbonyl (C=O) groups excluding carboxylic acids is 1. The van der Waals surface area contributed by atoms with Gasteiger partial charge in [0.05, 0.1) is 23.1 Å². The summed E-state index contributed by atoms with van der Waals surface area (Å²) in [5.41, 5.74) is 1.50. The van der Waals surface area contributed by atoms with Gasteiger partial charge in [-0.15, -0.1) is 0 Å². The summed E-state index contributed by atoms with van der Waals surface area (Å²) in [4.78, 5) is 12.6. The molecule has 148 valence electrons. The molecule has 0 N–H and O–H groups in total. The quantitative estimate of drug-likeness (QED) is 0.713. The molecular weight excluding hydrogens is 381 g/mol. The molecule has 0 aliphatic carbocycles. The van der Waals surface area contributed by atoms with Crippen LogP contribution in [0, 0.1) is 12.7 Å². The molecule has 0 aromatic heterocycles. The molecule has 0 spiro atoms. The van der Waals surface area contributed by atoms with Crippen molar-refractivity contribution in [3.05, 3.63) is 77.1 Å². The summed E-state index contributed by atoms with van der Waals surface area (Å²) < 4.78 is 47.0. The van der Waals surface area contributed by atoms with Crippen molar-refractivity contribution in [2.75, 3.05) is 6.61 Å². The fourth-order valence-corrected chi connectivity index (χ4v) is 5.12. The van der Waals surface area contributed by atoms with Gasteiger partial charge in [-0.25, -0.2) is 17.6 Å². The Morgan fingerprint density at radius 3 is 2.46 bits per heavy atom. The van der Waals surface area contributed by atoms with Gasteiger partial charge < -0.3 is 4.74 Å². The van der Waals surface area contributed by atoms with Gasteiger partial charge in [-0.05, 0) is 50.6 Å². The molecule has 2 aromatic carbocycles. The highest BCUT2D eigenvalue weighted by Gasteiger charge is 2.44. The van der Waals surface area contributed by atoms with Crippen LogP contribution in [-0.4, -0.2) is 31.3 Å².